The molecule has 4 atom stereocenters. The van der Waals surface area contributed by atoms with Gasteiger partial charge in [-0.15, -0.1) is 11.3 Å². The third-order valence-electron chi connectivity index (χ3n) is 9.85. The second-order valence-corrected chi connectivity index (χ2v) is 15.2. The Morgan fingerprint density at radius 3 is 1.81 bits per heavy atom. The normalized spacial score (nSPS) is 20.0. The second kappa shape index (κ2) is 19.5. The quantitative estimate of drug-likeness (QED) is 0.129. The number of fused-ring (bicyclic) bond motifs is 18. The fraction of sp³-hybridized carbons (Fsp3) is 0.244. The van der Waals surface area contributed by atoms with Crippen LogP contribution < -0.4 is 21.3 Å². The molecule has 2 aliphatic heterocycles. The van der Waals surface area contributed by atoms with Gasteiger partial charge in [0.1, 0.15) is 12.1 Å². The molecule has 0 fully saturated rings. The predicted octanol–water partition coefficient (Wildman–Crippen LogP) is 5.53. The molecule has 0 radical (unpaired) electrons. The Hall–Kier alpha value is -6.40. The number of Topliss-reactive ketones (excluding diaryl/α,β-unsaturated/α-hetero) is 1. The van der Waals surface area contributed by atoms with Crippen LogP contribution in [0.25, 0.3) is 11.1 Å². The van der Waals surface area contributed by atoms with Crippen LogP contribution in [0.2, 0.25) is 0 Å². The van der Waals surface area contributed by atoms with E-state index in [0.29, 0.717) is 11.3 Å². The highest BCUT2D eigenvalue weighted by molar-refractivity contribution is 7.09. The van der Waals surface area contributed by atoms with Gasteiger partial charge < -0.3 is 26.4 Å². The molecule has 0 spiro atoms. The van der Waals surface area contributed by atoms with E-state index in [4.69, 9.17) is 0 Å². The molecule has 2 bridgehead atoms. The van der Waals surface area contributed by atoms with Crippen LogP contribution in [0.3, 0.4) is 0 Å². The van der Waals surface area contributed by atoms with Gasteiger partial charge in [-0.3, -0.25) is 28.8 Å². The molecule has 57 heavy (non-hydrogen) atoms. The summed E-state index contributed by atoms with van der Waals surface area (Å²) in [4.78, 5) is 82.0. The van der Waals surface area contributed by atoms with E-state index in [1.807, 2.05) is 102 Å². The molecular formula is C45H44N4O7S. The lowest BCUT2D eigenvalue weighted by Gasteiger charge is -2.26. The number of carbonyl (C=O) groups excluding carboxylic acids is 5. The molecule has 4 aromatic carbocycles. The van der Waals surface area contributed by atoms with Gasteiger partial charge in [0.25, 0.3) is 0 Å². The fourth-order valence-electron chi connectivity index (χ4n) is 6.75. The van der Waals surface area contributed by atoms with Crippen LogP contribution in [0.5, 0.6) is 0 Å². The summed E-state index contributed by atoms with van der Waals surface area (Å²) in [6, 6.07) is 33.4. The van der Waals surface area contributed by atoms with Gasteiger partial charge in [0.05, 0.1) is 12.0 Å². The average molecular weight is 785 g/mol. The number of carbonyl (C=O) groups is 6. The van der Waals surface area contributed by atoms with E-state index in [9.17, 15) is 33.9 Å². The molecule has 0 unspecified atom stereocenters. The maximum Gasteiger partial charge on any atom is 0.307 e. The number of thiophene rings is 1. The molecular weight excluding hydrogens is 741 g/mol. The number of rotatable bonds is 8. The van der Waals surface area contributed by atoms with Crippen LogP contribution in [0.4, 0.5) is 5.69 Å². The van der Waals surface area contributed by atoms with Crippen molar-refractivity contribution in [3.05, 3.63) is 148 Å². The summed E-state index contributed by atoms with van der Waals surface area (Å²) in [5, 5.41) is 23.3. The Labute approximate surface area is 334 Å². The lowest BCUT2D eigenvalue weighted by Crippen LogP contribution is -2.57. The number of benzene rings is 4. The molecule has 4 amide bonds. The molecule has 292 valence electrons. The van der Waals surface area contributed by atoms with Crippen molar-refractivity contribution in [2.75, 3.05) is 5.32 Å². The number of nitrogens with one attached hydrogen (secondary N) is 4. The van der Waals surface area contributed by atoms with E-state index in [1.165, 1.54) is 11.3 Å². The highest BCUT2D eigenvalue weighted by atomic mass is 32.1. The summed E-state index contributed by atoms with van der Waals surface area (Å²) in [6.45, 7) is 0. The van der Waals surface area contributed by atoms with E-state index in [2.05, 4.69) is 21.3 Å². The Kier molecular flexibility index (Phi) is 13.7. The number of carboxylic acid groups (broad SMARTS) is 1. The first-order chi connectivity index (χ1) is 27.6. The minimum atomic E-state index is -1.19. The van der Waals surface area contributed by atoms with Crippen LogP contribution in [0, 0.1) is 5.92 Å². The van der Waals surface area contributed by atoms with Crippen molar-refractivity contribution >= 4 is 52.4 Å². The molecule has 0 saturated carbocycles. The number of amides is 4. The van der Waals surface area contributed by atoms with Gasteiger partial charge in [0.15, 0.2) is 5.78 Å². The van der Waals surface area contributed by atoms with Gasteiger partial charge in [-0.25, -0.2) is 0 Å². The highest BCUT2D eigenvalue weighted by Gasteiger charge is 2.32. The van der Waals surface area contributed by atoms with Crippen molar-refractivity contribution in [2.45, 2.75) is 63.1 Å². The maximum atomic E-state index is 14.4. The Morgan fingerprint density at radius 1 is 0.579 bits per heavy atom. The van der Waals surface area contributed by atoms with Crippen LogP contribution in [-0.4, -0.2) is 58.6 Å². The summed E-state index contributed by atoms with van der Waals surface area (Å²) in [7, 11) is 0. The van der Waals surface area contributed by atoms with Crippen molar-refractivity contribution in [2.24, 2.45) is 5.92 Å². The van der Waals surface area contributed by atoms with E-state index >= 15 is 0 Å². The van der Waals surface area contributed by atoms with Crippen molar-refractivity contribution in [1.29, 1.82) is 0 Å². The molecule has 11 nitrogen and oxygen atoms in total. The third-order valence-corrected chi connectivity index (χ3v) is 10.8. The Bertz CT molecular complexity index is 2160. The summed E-state index contributed by atoms with van der Waals surface area (Å²) in [5.41, 5.74) is 4.55. The number of ketones is 1. The number of anilines is 1. The molecule has 3 heterocycles. The Balaban J connectivity index is 1.34. The van der Waals surface area contributed by atoms with Crippen molar-refractivity contribution in [3.8, 4) is 11.1 Å². The molecule has 5 aromatic rings. The van der Waals surface area contributed by atoms with E-state index in [-0.39, 0.29) is 44.9 Å². The first-order valence-corrected chi connectivity index (χ1v) is 19.7. The van der Waals surface area contributed by atoms with Gasteiger partial charge >= 0.3 is 5.97 Å². The van der Waals surface area contributed by atoms with Crippen LogP contribution in [-0.2, 0) is 54.5 Å². The van der Waals surface area contributed by atoms with Crippen molar-refractivity contribution < 1.29 is 33.9 Å². The number of aliphatic carboxylic acids is 1. The number of hydrogen-bond donors (Lipinski definition) is 5. The zero-order chi connectivity index (χ0) is 40.1. The minimum Gasteiger partial charge on any atom is -0.481 e. The SMILES string of the molecule is O=C1CCC(=O)N[C@H](Cc2cccs2)C(=O)N[C@H](Cc2ccc(-c3ccccc3)cc2)C(=O)N[C@H](Cc2ccccc2)C(=O)C[C@@H](C(=O)O)Cc2ccc(cc2)N1. The third kappa shape index (κ3) is 11.8. The van der Waals surface area contributed by atoms with Gasteiger partial charge in [-0.1, -0.05) is 103 Å². The minimum absolute atomic E-state index is 0.0325. The molecule has 0 saturated heterocycles. The average Bonchev–Trinajstić information content (AvgIpc) is 3.73. The zero-order valence-corrected chi connectivity index (χ0v) is 32.0. The van der Waals surface area contributed by atoms with Crippen LogP contribution >= 0.6 is 11.3 Å². The monoisotopic (exact) mass is 784 g/mol. The zero-order valence-electron chi connectivity index (χ0n) is 31.2. The summed E-state index contributed by atoms with van der Waals surface area (Å²) < 4.78 is 0. The summed E-state index contributed by atoms with van der Waals surface area (Å²) in [6.07, 6.45) is -0.402. The lowest BCUT2D eigenvalue weighted by atomic mass is 9.90. The topological polar surface area (TPSA) is 171 Å². The predicted molar refractivity (Wildman–Crippen MR) is 218 cm³/mol. The van der Waals surface area contributed by atoms with Gasteiger partial charge in [-0.2, -0.15) is 0 Å². The van der Waals surface area contributed by atoms with Crippen molar-refractivity contribution in [1.82, 2.24) is 16.0 Å². The first-order valence-electron chi connectivity index (χ1n) is 18.8. The number of hydrogen-bond acceptors (Lipinski definition) is 7. The summed E-state index contributed by atoms with van der Waals surface area (Å²) >= 11 is 1.41. The highest BCUT2D eigenvalue weighted by Crippen LogP contribution is 2.22. The largest absolute Gasteiger partial charge is 0.481 e. The Morgan fingerprint density at radius 2 is 1.16 bits per heavy atom. The molecule has 2 aliphatic rings. The number of carboxylic acids is 1. The summed E-state index contributed by atoms with van der Waals surface area (Å²) in [5.74, 6) is -4.95. The van der Waals surface area contributed by atoms with Crippen LogP contribution in [0.1, 0.15) is 40.8 Å². The van der Waals surface area contributed by atoms with E-state index in [0.717, 1.165) is 27.1 Å². The van der Waals surface area contributed by atoms with Crippen molar-refractivity contribution in [3.63, 3.8) is 0 Å². The molecule has 1 aromatic heterocycles. The van der Waals surface area contributed by atoms with E-state index in [1.54, 1.807) is 24.3 Å². The molecule has 0 aliphatic carbocycles. The first kappa shape index (κ1) is 40.3. The standard InChI is InChI=1S/C45H44N4O7S/c50-40-27-34(45(55)56)24-30-15-19-35(20-16-30)46-41(51)21-22-42(52)47-39(28-36-12-7-23-57-36)44(54)49-38(43(53)48-37(40)25-29-8-3-1-4-9-29)26-31-13-17-33(18-14-31)32-10-5-2-6-11-32/h1-20,23,34,37-39H,21-22,24-28H2,(H,46,51)(H,47,52)(H,48,53)(H,49,54)(H,55,56)/t34-,37+,38+,39+/m0/s1. The lowest BCUT2D eigenvalue weighted by molar-refractivity contribution is -0.144. The fourth-order valence-corrected chi connectivity index (χ4v) is 7.50. The molecule has 5 N–H and O–H groups in total. The van der Waals surface area contributed by atoms with Crippen LogP contribution in [0.15, 0.2) is 127 Å². The smallest absolute Gasteiger partial charge is 0.307 e. The van der Waals surface area contributed by atoms with Gasteiger partial charge in [-0.05, 0) is 64.2 Å². The van der Waals surface area contributed by atoms with Gasteiger partial charge in [0.2, 0.25) is 23.6 Å². The molecule has 7 rings (SSSR count). The molecule has 12 heteroatoms. The van der Waals surface area contributed by atoms with E-state index < -0.39 is 59.4 Å². The maximum absolute atomic E-state index is 14.4. The second-order valence-electron chi connectivity index (χ2n) is 14.1. The van der Waals surface area contributed by atoms with Gasteiger partial charge in [0, 0.05) is 42.7 Å².